The van der Waals surface area contributed by atoms with Crippen LogP contribution in [0.2, 0.25) is 0 Å². The standard InChI is InChI=1S/C14H20N2OS.ClH/c15-12-3-1-2-10(12)8-14(17)16-6-4-13-11(9-16)5-7-18-13;/h5,7,10,12H,1-4,6,8-9,15H2;1H/t10-,12+;/m0./s1. The Labute approximate surface area is 124 Å². The molecule has 2 N–H and O–H groups in total. The van der Waals surface area contributed by atoms with Gasteiger partial charge in [-0.05, 0) is 42.2 Å². The number of thiophene rings is 1. The van der Waals surface area contributed by atoms with Crippen LogP contribution in [0, 0.1) is 5.92 Å². The van der Waals surface area contributed by atoms with Gasteiger partial charge < -0.3 is 10.6 Å². The molecule has 0 radical (unpaired) electrons. The van der Waals surface area contributed by atoms with E-state index >= 15 is 0 Å². The maximum Gasteiger partial charge on any atom is 0.223 e. The molecule has 2 heterocycles. The summed E-state index contributed by atoms with van der Waals surface area (Å²) in [6, 6.07) is 2.40. The molecule has 1 fully saturated rings. The molecule has 2 atom stereocenters. The van der Waals surface area contributed by atoms with Gasteiger partial charge in [0.25, 0.3) is 0 Å². The van der Waals surface area contributed by atoms with Gasteiger partial charge in [-0.2, -0.15) is 0 Å². The quantitative estimate of drug-likeness (QED) is 0.912. The second kappa shape index (κ2) is 6.25. The van der Waals surface area contributed by atoms with Crippen LogP contribution >= 0.6 is 23.7 Å². The van der Waals surface area contributed by atoms with Crippen molar-refractivity contribution in [2.45, 2.75) is 44.7 Å². The molecule has 1 aromatic rings. The van der Waals surface area contributed by atoms with Crippen molar-refractivity contribution in [3.8, 4) is 0 Å². The van der Waals surface area contributed by atoms with Gasteiger partial charge in [-0.25, -0.2) is 0 Å². The Morgan fingerprint density at radius 1 is 1.47 bits per heavy atom. The number of hydrogen-bond donors (Lipinski definition) is 1. The van der Waals surface area contributed by atoms with Gasteiger partial charge in [0.15, 0.2) is 0 Å². The van der Waals surface area contributed by atoms with Gasteiger partial charge in [0, 0.05) is 30.4 Å². The highest BCUT2D eigenvalue weighted by atomic mass is 35.5. The zero-order valence-corrected chi connectivity index (χ0v) is 12.6. The first kappa shape index (κ1) is 14.8. The van der Waals surface area contributed by atoms with Crippen LogP contribution in [0.3, 0.4) is 0 Å². The summed E-state index contributed by atoms with van der Waals surface area (Å²) in [6.07, 6.45) is 5.08. The molecule has 19 heavy (non-hydrogen) atoms. The predicted molar refractivity (Wildman–Crippen MR) is 80.6 cm³/mol. The van der Waals surface area contributed by atoms with Crippen LogP contribution in [0.5, 0.6) is 0 Å². The SMILES string of the molecule is Cl.N[C@@H]1CCC[C@H]1CC(=O)N1CCc2sccc2C1. The zero-order valence-electron chi connectivity index (χ0n) is 11.0. The van der Waals surface area contributed by atoms with Crippen LogP contribution in [0.1, 0.15) is 36.1 Å². The highest BCUT2D eigenvalue weighted by Gasteiger charge is 2.29. The summed E-state index contributed by atoms with van der Waals surface area (Å²) in [5.41, 5.74) is 7.39. The molecule has 1 aliphatic carbocycles. The van der Waals surface area contributed by atoms with Crippen LogP contribution in [0.4, 0.5) is 0 Å². The average molecular weight is 301 g/mol. The monoisotopic (exact) mass is 300 g/mol. The van der Waals surface area contributed by atoms with Crippen molar-refractivity contribution in [1.29, 1.82) is 0 Å². The topological polar surface area (TPSA) is 46.3 Å². The first-order valence-electron chi connectivity index (χ1n) is 6.82. The van der Waals surface area contributed by atoms with Crippen molar-refractivity contribution < 1.29 is 4.79 Å². The van der Waals surface area contributed by atoms with E-state index in [1.807, 2.05) is 16.2 Å². The minimum Gasteiger partial charge on any atom is -0.338 e. The van der Waals surface area contributed by atoms with Gasteiger partial charge in [-0.3, -0.25) is 4.79 Å². The lowest BCUT2D eigenvalue weighted by molar-refractivity contribution is -0.133. The molecule has 2 aliphatic rings. The molecule has 3 nitrogen and oxygen atoms in total. The molecule has 1 amide bonds. The average Bonchev–Trinajstić information content (AvgIpc) is 2.98. The Morgan fingerprint density at radius 2 is 2.32 bits per heavy atom. The fraction of sp³-hybridized carbons (Fsp3) is 0.643. The minimum absolute atomic E-state index is 0. The largest absolute Gasteiger partial charge is 0.338 e. The number of nitrogens with zero attached hydrogens (tertiary/aromatic N) is 1. The normalized spacial score (nSPS) is 25.8. The summed E-state index contributed by atoms with van der Waals surface area (Å²) < 4.78 is 0. The molecule has 0 bridgehead atoms. The van der Waals surface area contributed by atoms with E-state index in [1.54, 1.807) is 0 Å². The molecule has 5 heteroatoms. The van der Waals surface area contributed by atoms with Crippen LogP contribution < -0.4 is 5.73 Å². The Bertz CT molecular complexity index is 448. The maximum atomic E-state index is 12.3. The highest BCUT2D eigenvalue weighted by molar-refractivity contribution is 7.10. The number of carbonyl (C=O) groups excluding carboxylic acids is 1. The molecule has 0 unspecified atom stereocenters. The summed E-state index contributed by atoms with van der Waals surface area (Å²) in [4.78, 5) is 15.8. The molecule has 1 aromatic heterocycles. The first-order chi connectivity index (χ1) is 8.74. The second-order valence-corrected chi connectivity index (χ2v) is 6.49. The van der Waals surface area contributed by atoms with E-state index in [2.05, 4.69) is 11.4 Å². The third-order valence-corrected chi connectivity index (χ3v) is 5.34. The van der Waals surface area contributed by atoms with Crippen LogP contribution in [-0.4, -0.2) is 23.4 Å². The van der Waals surface area contributed by atoms with Gasteiger partial charge >= 0.3 is 0 Å². The van der Waals surface area contributed by atoms with E-state index in [1.165, 1.54) is 16.9 Å². The molecule has 0 aromatic carbocycles. The number of amides is 1. The number of rotatable bonds is 2. The van der Waals surface area contributed by atoms with Gasteiger partial charge in [0.2, 0.25) is 5.91 Å². The van der Waals surface area contributed by atoms with E-state index in [9.17, 15) is 4.79 Å². The van der Waals surface area contributed by atoms with Gasteiger partial charge in [0.05, 0.1) is 0 Å². The number of carbonyl (C=O) groups is 1. The lowest BCUT2D eigenvalue weighted by Gasteiger charge is -2.28. The Balaban J connectivity index is 0.00000133. The van der Waals surface area contributed by atoms with E-state index in [0.29, 0.717) is 18.2 Å². The van der Waals surface area contributed by atoms with E-state index < -0.39 is 0 Å². The Kier molecular flexibility index (Phi) is 4.87. The summed E-state index contributed by atoms with van der Waals surface area (Å²) in [7, 11) is 0. The molecule has 0 spiro atoms. The third kappa shape index (κ3) is 3.12. The Hall–Kier alpha value is -0.580. The fourth-order valence-corrected chi connectivity index (χ4v) is 4.02. The molecule has 0 saturated heterocycles. The van der Waals surface area contributed by atoms with Crippen molar-refractivity contribution in [3.63, 3.8) is 0 Å². The van der Waals surface area contributed by atoms with Gasteiger partial charge in [-0.15, -0.1) is 23.7 Å². The second-order valence-electron chi connectivity index (χ2n) is 5.49. The summed E-state index contributed by atoms with van der Waals surface area (Å²) in [6.45, 7) is 1.69. The van der Waals surface area contributed by atoms with E-state index in [4.69, 9.17) is 5.73 Å². The molecular weight excluding hydrogens is 280 g/mol. The lowest BCUT2D eigenvalue weighted by atomic mass is 9.98. The lowest BCUT2D eigenvalue weighted by Crippen LogP contribution is -2.38. The minimum atomic E-state index is 0. The van der Waals surface area contributed by atoms with E-state index in [-0.39, 0.29) is 18.4 Å². The number of nitrogens with two attached hydrogens (primary N) is 1. The summed E-state index contributed by atoms with van der Waals surface area (Å²) in [5.74, 6) is 0.718. The fourth-order valence-electron chi connectivity index (χ4n) is 3.13. The van der Waals surface area contributed by atoms with Crippen molar-refractivity contribution in [2.24, 2.45) is 11.7 Å². The van der Waals surface area contributed by atoms with Crippen molar-refractivity contribution in [1.82, 2.24) is 4.90 Å². The number of fused-ring (bicyclic) bond motifs is 1. The zero-order chi connectivity index (χ0) is 12.5. The van der Waals surface area contributed by atoms with Gasteiger partial charge in [0.1, 0.15) is 0 Å². The van der Waals surface area contributed by atoms with Gasteiger partial charge in [-0.1, -0.05) is 6.42 Å². The number of hydrogen-bond acceptors (Lipinski definition) is 3. The van der Waals surface area contributed by atoms with Crippen molar-refractivity contribution in [2.75, 3.05) is 6.54 Å². The van der Waals surface area contributed by atoms with Crippen LogP contribution in [0.15, 0.2) is 11.4 Å². The molecule has 106 valence electrons. The van der Waals surface area contributed by atoms with Crippen molar-refractivity contribution >= 4 is 29.7 Å². The predicted octanol–water partition coefficient (Wildman–Crippen LogP) is 2.57. The first-order valence-corrected chi connectivity index (χ1v) is 7.70. The number of halogens is 1. The molecule has 1 saturated carbocycles. The van der Waals surface area contributed by atoms with Crippen LogP contribution in [0.25, 0.3) is 0 Å². The molecule has 1 aliphatic heterocycles. The Morgan fingerprint density at radius 3 is 3.05 bits per heavy atom. The summed E-state index contributed by atoms with van der Waals surface area (Å²) in [5, 5.41) is 2.13. The summed E-state index contributed by atoms with van der Waals surface area (Å²) >= 11 is 1.81. The highest BCUT2D eigenvalue weighted by Crippen LogP contribution is 2.29. The van der Waals surface area contributed by atoms with E-state index in [0.717, 1.165) is 32.4 Å². The molecule has 3 rings (SSSR count). The third-order valence-electron chi connectivity index (χ3n) is 4.32. The van der Waals surface area contributed by atoms with Crippen LogP contribution in [-0.2, 0) is 17.8 Å². The molecular formula is C14H21ClN2OS. The van der Waals surface area contributed by atoms with Crippen molar-refractivity contribution in [3.05, 3.63) is 21.9 Å². The maximum absolute atomic E-state index is 12.3. The smallest absolute Gasteiger partial charge is 0.223 e.